The largest absolute Gasteiger partial charge is 0.460 e. The standard InChI is InChI=1S/C12H24O6/c1-10(13)9-12(2,3)17-11(14)7-5-4-6-8-16-18-15/h10,13,15H,4-9H2,1-3H3. The predicted molar refractivity (Wildman–Crippen MR) is 64.6 cm³/mol. The van der Waals surface area contributed by atoms with E-state index >= 15 is 0 Å². The summed E-state index contributed by atoms with van der Waals surface area (Å²) in [6.07, 6.45) is 2.44. The molecule has 0 heterocycles. The van der Waals surface area contributed by atoms with E-state index in [-0.39, 0.29) is 5.97 Å². The highest BCUT2D eigenvalue weighted by Crippen LogP contribution is 2.18. The van der Waals surface area contributed by atoms with Crippen LogP contribution in [-0.2, 0) is 19.5 Å². The van der Waals surface area contributed by atoms with Crippen LogP contribution in [0.5, 0.6) is 0 Å². The molecule has 0 aliphatic carbocycles. The fraction of sp³-hybridized carbons (Fsp3) is 0.917. The molecule has 6 nitrogen and oxygen atoms in total. The summed E-state index contributed by atoms with van der Waals surface area (Å²) < 4.78 is 5.28. The monoisotopic (exact) mass is 264 g/mol. The number of esters is 1. The summed E-state index contributed by atoms with van der Waals surface area (Å²) in [7, 11) is 0. The van der Waals surface area contributed by atoms with Gasteiger partial charge in [-0.05, 0) is 33.6 Å². The third kappa shape index (κ3) is 10.5. The van der Waals surface area contributed by atoms with Crippen LogP contribution < -0.4 is 0 Å². The Hall–Kier alpha value is -0.690. The van der Waals surface area contributed by atoms with Crippen molar-refractivity contribution in [1.82, 2.24) is 0 Å². The molecule has 0 aliphatic rings. The lowest BCUT2D eigenvalue weighted by Gasteiger charge is -2.26. The Labute approximate surface area is 108 Å². The summed E-state index contributed by atoms with van der Waals surface area (Å²) >= 11 is 0. The van der Waals surface area contributed by atoms with E-state index in [0.717, 1.165) is 6.42 Å². The number of carbonyl (C=O) groups excluding carboxylic acids is 1. The van der Waals surface area contributed by atoms with Crippen molar-refractivity contribution >= 4 is 5.97 Å². The molecule has 0 aliphatic heterocycles. The molecule has 0 aromatic heterocycles. The van der Waals surface area contributed by atoms with E-state index in [1.165, 1.54) is 0 Å². The number of aliphatic hydroxyl groups excluding tert-OH is 1. The summed E-state index contributed by atoms with van der Waals surface area (Å²) in [4.78, 5) is 15.8. The molecular weight excluding hydrogens is 240 g/mol. The molecule has 0 aromatic carbocycles. The van der Waals surface area contributed by atoms with Crippen molar-refractivity contribution in [3.8, 4) is 0 Å². The third-order valence-corrected chi connectivity index (χ3v) is 2.34. The molecule has 0 amide bonds. The average Bonchev–Trinajstić information content (AvgIpc) is 2.20. The Balaban J connectivity index is 3.64. The maximum Gasteiger partial charge on any atom is 0.306 e. The van der Waals surface area contributed by atoms with Crippen LogP contribution in [0.2, 0.25) is 0 Å². The molecule has 0 rings (SSSR count). The second-order valence-electron chi connectivity index (χ2n) is 4.99. The van der Waals surface area contributed by atoms with E-state index in [1.54, 1.807) is 20.8 Å². The van der Waals surface area contributed by atoms with Crippen molar-refractivity contribution in [2.24, 2.45) is 0 Å². The maximum absolute atomic E-state index is 11.5. The smallest absolute Gasteiger partial charge is 0.306 e. The summed E-state index contributed by atoms with van der Waals surface area (Å²) in [5, 5.41) is 20.6. The Kier molecular flexibility index (Phi) is 8.91. The summed E-state index contributed by atoms with van der Waals surface area (Å²) in [5.74, 6) is -0.264. The molecule has 0 fully saturated rings. The second kappa shape index (κ2) is 9.27. The second-order valence-corrected chi connectivity index (χ2v) is 4.99. The highest BCUT2D eigenvalue weighted by atomic mass is 17.5. The van der Waals surface area contributed by atoms with Crippen molar-refractivity contribution in [3.63, 3.8) is 0 Å². The SMILES string of the molecule is CC(O)CC(C)(C)OC(=O)CCCCCOOO. The van der Waals surface area contributed by atoms with Crippen molar-refractivity contribution < 1.29 is 29.8 Å². The van der Waals surface area contributed by atoms with Crippen LogP contribution in [0.4, 0.5) is 0 Å². The number of aliphatic hydroxyl groups is 1. The zero-order valence-corrected chi connectivity index (χ0v) is 11.3. The van der Waals surface area contributed by atoms with Gasteiger partial charge in [0.05, 0.1) is 12.7 Å². The number of carbonyl (C=O) groups is 1. The van der Waals surface area contributed by atoms with E-state index < -0.39 is 11.7 Å². The summed E-state index contributed by atoms with van der Waals surface area (Å²) in [6.45, 7) is 5.52. The zero-order chi connectivity index (χ0) is 14.0. The van der Waals surface area contributed by atoms with Crippen LogP contribution in [0.15, 0.2) is 0 Å². The van der Waals surface area contributed by atoms with Crippen molar-refractivity contribution in [1.29, 1.82) is 0 Å². The lowest BCUT2D eigenvalue weighted by molar-refractivity contribution is -0.490. The number of hydrogen-bond donors (Lipinski definition) is 2. The highest BCUT2D eigenvalue weighted by molar-refractivity contribution is 5.69. The summed E-state index contributed by atoms with van der Waals surface area (Å²) in [5.41, 5.74) is -0.640. The lowest BCUT2D eigenvalue weighted by atomic mass is 10.0. The molecule has 2 N–H and O–H groups in total. The fourth-order valence-electron chi connectivity index (χ4n) is 1.76. The van der Waals surface area contributed by atoms with E-state index in [1.807, 2.05) is 0 Å². The number of unbranched alkanes of at least 4 members (excludes halogenated alkanes) is 2. The van der Waals surface area contributed by atoms with Crippen molar-refractivity contribution in [2.45, 2.75) is 64.6 Å². The van der Waals surface area contributed by atoms with Gasteiger partial charge in [-0.1, -0.05) is 11.5 Å². The minimum absolute atomic E-state index is 0.264. The minimum atomic E-state index is -0.640. The normalized spacial score (nSPS) is 13.4. The molecule has 18 heavy (non-hydrogen) atoms. The van der Waals surface area contributed by atoms with E-state index in [4.69, 9.17) is 9.99 Å². The molecule has 0 aromatic rings. The average molecular weight is 264 g/mol. The molecular formula is C12H24O6. The molecule has 0 bridgehead atoms. The van der Waals surface area contributed by atoms with Crippen LogP contribution in [0, 0.1) is 0 Å². The van der Waals surface area contributed by atoms with Gasteiger partial charge in [-0.3, -0.25) is 4.79 Å². The van der Waals surface area contributed by atoms with Gasteiger partial charge in [0, 0.05) is 12.8 Å². The Morgan fingerprint density at radius 1 is 1.28 bits per heavy atom. The molecule has 1 unspecified atom stereocenters. The molecule has 0 saturated heterocycles. The summed E-state index contributed by atoms with van der Waals surface area (Å²) in [6, 6.07) is 0. The van der Waals surface area contributed by atoms with Gasteiger partial charge in [-0.25, -0.2) is 10.1 Å². The molecule has 0 spiro atoms. The predicted octanol–water partition coefficient (Wildman–Crippen LogP) is 2.06. The third-order valence-electron chi connectivity index (χ3n) is 2.34. The first-order valence-corrected chi connectivity index (χ1v) is 6.20. The highest BCUT2D eigenvalue weighted by Gasteiger charge is 2.24. The van der Waals surface area contributed by atoms with Crippen LogP contribution in [0.1, 0.15) is 52.9 Å². The number of ether oxygens (including phenoxy) is 1. The lowest BCUT2D eigenvalue weighted by Crippen LogP contribution is -2.31. The van der Waals surface area contributed by atoms with Crippen LogP contribution in [-0.4, -0.2) is 34.6 Å². The van der Waals surface area contributed by atoms with Crippen molar-refractivity contribution in [3.05, 3.63) is 0 Å². The van der Waals surface area contributed by atoms with Gasteiger partial charge < -0.3 is 9.84 Å². The van der Waals surface area contributed by atoms with Gasteiger partial charge in [-0.15, -0.1) is 0 Å². The first kappa shape index (κ1) is 17.3. The van der Waals surface area contributed by atoms with Crippen molar-refractivity contribution in [2.75, 3.05) is 6.61 Å². The van der Waals surface area contributed by atoms with Gasteiger partial charge in [0.15, 0.2) is 0 Å². The minimum Gasteiger partial charge on any atom is -0.460 e. The van der Waals surface area contributed by atoms with Crippen LogP contribution >= 0.6 is 0 Å². The number of hydrogen-bond acceptors (Lipinski definition) is 6. The Morgan fingerprint density at radius 3 is 2.50 bits per heavy atom. The van der Waals surface area contributed by atoms with E-state index in [0.29, 0.717) is 32.3 Å². The first-order valence-electron chi connectivity index (χ1n) is 6.20. The molecule has 1 atom stereocenters. The number of rotatable bonds is 10. The molecule has 0 saturated carbocycles. The van der Waals surface area contributed by atoms with E-state index in [2.05, 4.69) is 9.93 Å². The van der Waals surface area contributed by atoms with Gasteiger partial charge in [0.1, 0.15) is 5.60 Å². The topological polar surface area (TPSA) is 85.2 Å². The zero-order valence-electron chi connectivity index (χ0n) is 11.3. The first-order chi connectivity index (χ1) is 8.37. The van der Waals surface area contributed by atoms with Gasteiger partial charge in [0.2, 0.25) is 0 Å². The quantitative estimate of drug-likeness (QED) is 0.272. The Bertz CT molecular complexity index is 227. The van der Waals surface area contributed by atoms with Crippen LogP contribution in [0.3, 0.4) is 0 Å². The maximum atomic E-state index is 11.5. The van der Waals surface area contributed by atoms with Gasteiger partial charge >= 0.3 is 5.97 Å². The van der Waals surface area contributed by atoms with Gasteiger partial charge in [-0.2, -0.15) is 0 Å². The van der Waals surface area contributed by atoms with E-state index in [9.17, 15) is 9.90 Å². The van der Waals surface area contributed by atoms with Gasteiger partial charge in [0.25, 0.3) is 0 Å². The Morgan fingerprint density at radius 2 is 1.94 bits per heavy atom. The molecule has 108 valence electrons. The van der Waals surface area contributed by atoms with Crippen LogP contribution in [0.25, 0.3) is 0 Å². The molecule has 6 heteroatoms. The molecule has 0 radical (unpaired) electrons. The fourth-order valence-corrected chi connectivity index (χ4v) is 1.76.